The number of hydrogen-bond acceptors (Lipinski definition) is 3. The van der Waals surface area contributed by atoms with E-state index in [0.717, 1.165) is 11.4 Å². The molecule has 1 amide bonds. The summed E-state index contributed by atoms with van der Waals surface area (Å²) in [5, 5.41) is 3.58. The summed E-state index contributed by atoms with van der Waals surface area (Å²) in [4.78, 5) is 20.8. The molecule has 0 saturated carbocycles. The van der Waals surface area contributed by atoms with Crippen LogP contribution in [0.1, 0.15) is 6.42 Å². The van der Waals surface area contributed by atoms with Gasteiger partial charge in [0.1, 0.15) is 0 Å². The van der Waals surface area contributed by atoms with E-state index in [1.807, 2.05) is 35.0 Å². The molecule has 3 rings (SSSR count). The first-order chi connectivity index (χ1) is 10.3. The predicted molar refractivity (Wildman–Crippen MR) is 78.0 cm³/mol. The van der Waals surface area contributed by atoms with Crippen LogP contribution in [0.25, 0.3) is 16.1 Å². The number of aromatic nitrogens is 2. The van der Waals surface area contributed by atoms with Gasteiger partial charge in [-0.15, -0.1) is 0 Å². The maximum Gasteiger partial charge on any atom is 0.227 e. The number of benzene rings is 1. The molecule has 0 bridgehead atoms. The Bertz CT molecular complexity index is 689. The van der Waals surface area contributed by atoms with Crippen LogP contribution in [0.2, 0.25) is 0 Å². The minimum atomic E-state index is 0.0562. The van der Waals surface area contributed by atoms with Gasteiger partial charge in [-0.3, -0.25) is 4.79 Å². The van der Waals surface area contributed by atoms with Crippen LogP contribution in [-0.4, -0.2) is 28.5 Å². The Hall–Kier alpha value is -2.79. The van der Waals surface area contributed by atoms with Crippen molar-refractivity contribution in [2.45, 2.75) is 6.42 Å². The molecule has 1 saturated heterocycles. The monoisotopic (exact) mass is 282 g/mol. The lowest BCUT2D eigenvalue weighted by Gasteiger charge is -2.20. The minimum absolute atomic E-state index is 0.0562. The Morgan fingerprint density at radius 3 is 2.90 bits per heavy atom. The van der Waals surface area contributed by atoms with Gasteiger partial charge in [-0.1, -0.05) is 17.2 Å². The van der Waals surface area contributed by atoms with Crippen molar-refractivity contribution in [3.8, 4) is 5.69 Å². The van der Waals surface area contributed by atoms with E-state index in [4.69, 9.17) is 5.53 Å². The second-order valence-corrected chi connectivity index (χ2v) is 4.95. The molecule has 106 valence electrons. The lowest BCUT2D eigenvalue weighted by molar-refractivity contribution is -0.117. The molecule has 1 aromatic heterocycles. The number of nitrogens with zero attached hydrogens (tertiary/aromatic N) is 6. The fraction of sp³-hybridized carbons (Fsp3) is 0.286. The first kappa shape index (κ1) is 13.2. The molecule has 1 fully saturated rings. The quantitative estimate of drug-likeness (QED) is 0.490. The van der Waals surface area contributed by atoms with Crippen molar-refractivity contribution >= 4 is 11.6 Å². The van der Waals surface area contributed by atoms with Crippen LogP contribution in [0.15, 0.2) is 48.1 Å². The first-order valence-electron chi connectivity index (χ1n) is 6.68. The van der Waals surface area contributed by atoms with Gasteiger partial charge in [-0.25, -0.2) is 4.98 Å². The molecule has 0 N–H and O–H groups in total. The van der Waals surface area contributed by atoms with E-state index in [1.165, 1.54) is 0 Å². The molecule has 0 radical (unpaired) electrons. The highest BCUT2D eigenvalue weighted by molar-refractivity contribution is 5.97. The summed E-state index contributed by atoms with van der Waals surface area (Å²) in [6.07, 6.45) is 5.66. The molecule has 0 aliphatic carbocycles. The fourth-order valence-corrected chi connectivity index (χ4v) is 2.60. The van der Waals surface area contributed by atoms with Crippen LogP contribution in [0, 0.1) is 5.92 Å². The van der Waals surface area contributed by atoms with Crippen molar-refractivity contribution in [3.63, 3.8) is 0 Å². The minimum Gasteiger partial charge on any atom is -0.310 e. The van der Waals surface area contributed by atoms with Gasteiger partial charge in [-0.2, -0.15) is 0 Å². The van der Waals surface area contributed by atoms with Gasteiger partial charge in [0.15, 0.2) is 0 Å². The Morgan fingerprint density at radius 2 is 2.19 bits per heavy atom. The van der Waals surface area contributed by atoms with E-state index in [0.29, 0.717) is 19.5 Å². The summed E-state index contributed by atoms with van der Waals surface area (Å²) in [5.74, 6) is 0.130. The highest BCUT2D eigenvalue weighted by atomic mass is 16.2. The smallest absolute Gasteiger partial charge is 0.227 e. The molecule has 1 aliphatic rings. The van der Waals surface area contributed by atoms with Crippen LogP contribution in [-0.2, 0) is 4.79 Å². The molecule has 7 heteroatoms. The topological polar surface area (TPSA) is 86.9 Å². The molecule has 0 spiro atoms. The van der Waals surface area contributed by atoms with Crippen LogP contribution in [0.4, 0.5) is 5.69 Å². The molecule has 21 heavy (non-hydrogen) atoms. The molecule has 2 heterocycles. The van der Waals surface area contributed by atoms with Gasteiger partial charge in [-0.05, 0) is 23.6 Å². The molecule has 2 aromatic rings. The molecule has 7 nitrogen and oxygen atoms in total. The van der Waals surface area contributed by atoms with Crippen molar-refractivity contribution in [3.05, 3.63) is 53.4 Å². The van der Waals surface area contributed by atoms with Gasteiger partial charge in [0.25, 0.3) is 0 Å². The number of amides is 1. The Labute approximate surface area is 121 Å². The summed E-state index contributed by atoms with van der Waals surface area (Å²) in [7, 11) is 0. The van der Waals surface area contributed by atoms with Gasteiger partial charge < -0.3 is 9.47 Å². The average molecular weight is 282 g/mol. The van der Waals surface area contributed by atoms with Crippen molar-refractivity contribution in [2.75, 3.05) is 18.0 Å². The highest BCUT2D eigenvalue weighted by Gasteiger charge is 2.31. The number of carbonyl (C=O) groups excluding carboxylic acids is 1. The number of para-hydroxylation sites is 2. The second-order valence-electron chi connectivity index (χ2n) is 4.95. The number of rotatable bonds is 4. The fourth-order valence-electron chi connectivity index (χ4n) is 2.60. The average Bonchev–Trinajstić information content (AvgIpc) is 3.15. The van der Waals surface area contributed by atoms with Crippen LogP contribution in [0.5, 0.6) is 0 Å². The van der Waals surface area contributed by atoms with Gasteiger partial charge >= 0.3 is 0 Å². The molecule has 1 atom stereocenters. The second kappa shape index (κ2) is 5.68. The molecule has 1 aliphatic heterocycles. The van der Waals surface area contributed by atoms with E-state index in [-0.39, 0.29) is 11.8 Å². The largest absolute Gasteiger partial charge is 0.310 e. The summed E-state index contributed by atoms with van der Waals surface area (Å²) in [6, 6.07) is 7.70. The summed E-state index contributed by atoms with van der Waals surface area (Å²) in [6.45, 7) is 0.926. The van der Waals surface area contributed by atoms with Crippen molar-refractivity contribution < 1.29 is 4.79 Å². The van der Waals surface area contributed by atoms with E-state index in [1.54, 1.807) is 17.4 Å². The molecule has 1 unspecified atom stereocenters. The Balaban J connectivity index is 1.91. The maximum absolute atomic E-state index is 12.2. The van der Waals surface area contributed by atoms with Gasteiger partial charge in [0, 0.05) is 36.8 Å². The zero-order valence-corrected chi connectivity index (χ0v) is 11.3. The summed E-state index contributed by atoms with van der Waals surface area (Å²) < 4.78 is 1.88. The first-order valence-corrected chi connectivity index (χ1v) is 6.68. The van der Waals surface area contributed by atoms with E-state index in [2.05, 4.69) is 15.0 Å². The Morgan fingerprint density at radius 1 is 1.38 bits per heavy atom. The van der Waals surface area contributed by atoms with Crippen LogP contribution < -0.4 is 4.90 Å². The number of hydrogen-bond donors (Lipinski definition) is 0. The number of azide groups is 1. The predicted octanol–water partition coefficient (Wildman–Crippen LogP) is 2.54. The standard InChI is InChI=1S/C14H14N6O/c15-18-17-8-11-7-14(21)20(9-11)13-4-2-1-3-12(13)19-6-5-16-10-19/h1-6,10-11H,7-9H2. The van der Waals surface area contributed by atoms with Gasteiger partial charge in [0.05, 0.1) is 17.7 Å². The van der Waals surface area contributed by atoms with E-state index in [9.17, 15) is 4.79 Å². The molecular formula is C14H14N6O. The third kappa shape index (κ3) is 2.59. The normalized spacial score (nSPS) is 17.8. The molecule has 1 aromatic carbocycles. The molecular weight excluding hydrogens is 268 g/mol. The van der Waals surface area contributed by atoms with E-state index >= 15 is 0 Å². The lowest BCUT2D eigenvalue weighted by atomic mass is 10.1. The van der Waals surface area contributed by atoms with E-state index < -0.39 is 0 Å². The number of imidazole rings is 1. The van der Waals surface area contributed by atoms with Crippen molar-refractivity contribution in [2.24, 2.45) is 11.0 Å². The van der Waals surface area contributed by atoms with Crippen LogP contribution >= 0.6 is 0 Å². The van der Waals surface area contributed by atoms with Gasteiger partial charge in [0.2, 0.25) is 5.91 Å². The van der Waals surface area contributed by atoms with Crippen molar-refractivity contribution in [1.29, 1.82) is 0 Å². The third-order valence-electron chi connectivity index (χ3n) is 3.56. The van der Waals surface area contributed by atoms with Crippen molar-refractivity contribution in [1.82, 2.24) is 9.55 Å². The van der Waals surface area contributed by atoms with Crippen LogP contribution in [0.3, 0.4) is 0 Å². The zero-order valence-electron chi connectivity index (χ0n) is 11.3. The third-order valence-corrected chi connectivity index (χ3v) is 3.56. The summed E-state index contributed by atoms with van der Waals surface area (Å²) in [5.41, 5.74) is 10.2. The zero-order chi connectivity index (χ0) is 14.7. The highest BCUT2D eigenvalue weighted by Crippen LogP contribution is 2.30. The summed E-state index contributed by atoms with van der Waals surface area (Å²) >= 11 is 0. The maximum atomic E-state index is 12.2. The SMILES string of the molecule is [N-]=[N+]=NCC1CC(=O)N(c2ccccc2-n2ccnc2)C1. The number of anilines is 1. The Kier molecular flexibility index (Phi) is 3.57. The lowest BCUT2D eigenvalue weighted by Crippen LogP contribution is -2.26. The number of carbonyl (C=O) groups is 1.